The van der Waals surface area contributed by atoms with Crippen LogP contribution >= 0.6 is 0 Å². The summed E-state index contributed by atoms with van der Waals surface area (Å²) in [4.78, 5) is 30.1. The molecule has 0 aromatic carbocycles. The molecule has 0 fully saturated rings. The molecule has 0 spiro atoms. The fourth-order valence-corrected chi connectivity index (χ4v) is 1.75. The molecule has 1 unspecified atom stereocenters. The lowest BCUT2D eigenvalue weighted by molar-refractivity contribution is -0.773. The van der Waals surface area contributed by atoms with Gasteiger partial charge < -0.3 is 4.74 Å². The van der Waals surface area contributed by atoms with Gasteiger partial charge in [0.2, 0.25) is 0 Å². The second-order valence-electron chi connectivity index (χ2n) is 4.78. The Balaban J connectivity index is 1.99. The molecule has 2 aromatic rings. The second-order valence-corrected chi connectivity index (χ2v) is 4.78. The minimum Gasteiger partial charge on any atom is -0.386 e. The van der Waals surface area contributed by atoms with Crippen LogP contribution in [0.25, 0.3) is 11.4 Å². The lowest BCUT2D eigenvalue weighted by Crippen LogP contribution is -2.42. The van der Waals surface area contributed by atoms with E-state index in [1.807, 2.05) is 0 Å². The summed E-state index contributed by atoms with van der Waals surface area (Å²) in [5.41, 5.74) is 0.633. The zero-order chi connectivity index (χ0) is 17.7. The van der Waals surface area contributed by atoms with Crippen LogP contribution < -0.4 is 4.68 Å². The number of nitrogens with zero attached hydrogens (tertiary/aromatic N) is 4. The standard InChI is InChI=1S/C14H12F3N4O3/c1-9(7-11(22)24-13(23)14(15,16)17)21-6-3-10(8-20-21)12-18-4-2-5-19-12/h2-6,8-9H,7H2,1H3/q+1. The van der Waals surface area contributed by atoms with Crippen LogP contribution in [0.5, 0.6) is 0 Å². The van der Waals surface area contributed by atoms with E-state index in [1.54, 1.807) is 31.5 Å². The van der Waals surface area contributed by atoms with Crippen LogP contribution in [0.3, 0.4) is 0 Å². The lowest BCUT2D eigenvalue weighted by atomic mass is 10.2. The number of alkyl halides is 3. The van der Waals surface area contributed by atoms with Gasteiger partial charge in [-0.25, -0.2) is 14.8 Å². The van der Waals surface area contributed by atoms with Crippen molar-refractivity contribution in [3.05, 3.63) is 36.9 Å². The molecule has 0 bridgehead atoms. The van der Waals surface area contributed by atoms with E-state index in [2.05, 4.69) is 19.8 Å². The van der Waals surface area contributed by atoms with Gasteiger partial charge in [-0.2, -0.15) is 13.2 Å². The van der Waals surface area contributed by atoms with E-state index in [9.17, 15) is 22.8 Å². The zero-order valence-electron chi connectivity index (χ0n) is 12.4. The Bertz CT molecular complexity index is 720. The predicted molar refractivity (Wildman–Crippen MR) is 71.9 cm³/mol. The summed E-state index contributed by atoms with van der Waals surface area (Å²) in [6, 6.07) is 2.70. The number of carbonyl (C=O) groups excluding carboxylic acids is 2. The third kappa shape index (κ3) is 4.54. The highest BCUT2D eigenvalue weighted by molar-refractivity contribution is 5.88. The summed E-state index contributed by atoms with van der Waals surface area (Å²) in [6.45, 7) is 1.55. The van der Waals surface area contributed by atoms with E-state index in [4.69, 9.17) is 0 Å². The summed E-state index contributed by atoms with van der Waals surface area (Å²) in [5.74, 6) is -3.36. The molecular formula is C14H12F3N4O3+. The predicted octanol–water partition coefficient (Wildman–Crippen LogP) is 1.41. The van der Waals surface area contributed by atoms with E-state index in [1.165, 1.54) is 17.1 Å². The molecule has 2 heterocycles. The smallest absolute Gasteiger partial charge is 0.386 e. The summed E-state index contributed by atoms with van der Waals surface area (Å²) in [7, 11) is 0. The summed E-state index contributed by atoms with van der Waals surface area (Å²) >= 11 is 0. The van der Waals surface area contributed by atoms with Gasteiger partial charge in [-0.3, -0.25) is 4.79 Å². The van der Waals surface area contributed by atoms with Crippen LogP contribution in [-0.4, -0.2) is 33.2 Å². The quantitative estimate of drug-likeness (QED) is 0.475. The lowest BCUT2D eigenvalue weighted by Gasteiger charge is -2.07. The first-order valence-corrected chi connectivity index (χ1v) is 6.74. The number of halogens is 3. The molecule has 24 heavy (non-hydrogen) atoms. The summed E-state index contributed by atoms with van der Waals surface area (Å²) < 4.78 is 41.1. The maximum absolute atomic E-state index is 12.0. The maximum atomic E-state index is 12.0. The van der Waals surface area contributed by atoms with Crippen molar-refractivity contribution in [3.8, 4) is 11.4 Å². The normalized spacial score (nSPS) is 12.5. The number of hydrogen-bond acceptors (Lipinski definition) is 6. The van der Waals surface area contributed by atoms with Crippen molar-refractivity contribution in [2.45, 2.75) is 25.6 Å². The second kappa shape index (κ2) is 7.11. The fourth-order valence-electron chi connectivity index (χ4n) is 1.75. The fraction of sp³-hybridized carbons (Fsp3) is 0.286. The van der Waals surface area contributed by atoms with Crippen molar-refractivity contribution in [2.24, 2.45) is 0 Å². The topological polar surface area (TPSA) is 85.9 Å². The van der Waals surface area contributed by atoms with Crippen LogP contribution in [0.1, 0.15) is 19.4 Å². The minimum absolute atomic E-state index is 0.444. The number of ether oxygens (including phenoxy) is 1. The Labute approximate surface area is 134 Å². The molecular weight excluding hydrogens is 329 g/mol. The molecule has 0 aliphatic rings. The highest BCUT2D eigenvalue weighted by Gasteiger charge is 2.42. The van der Waals surface area contributed by atoms with Gasteiger partial charge in [0.1, 0.15) is 12.6 Å². The maximum Gasteiger partial charge on any atom is 0.491 e. The minimum atomic E-state index is -5.21. The van der Waals surface area contributed by atoms with Gasteiger partial charge in [-0.1, -0.05) is 4.68 Å². The third-order valence-corrected chi connectivity index (χ3v) is 2.91. The Kier molecular flexibility index (Phi) is 5.17. The summed E-state index contributed by atoms with van der Waals surface area (Å²) in [6.07, 6.45) is 0.467. The monoisotopic (exact) mass is 341 g/mol. The van der Waals surface area contributed by atoms with Crippen molar-refractivity contribution in [2.75, 3.05) is 0 Å². The average Bonchev–Trinajstić information content (AvgIpc) is 2.54. The molecule has 0 saturated carbocycles. The first-order valence-electron chi connectivity index (χ1n) is 6.74. The number of rotatable bonds is 4. The van der Waals surface area contributed by atoms with Gasteiger partial charge in [-0.05, 0) is 11.2 Å². The largest absolute Gasteiger partial charge is 0.491 e. The third-order valence-electron chi connectivity index (χ3n) is 2.91. The first-order chi connectivity index (χ1) is 11.3. The number of hydrogen-bond donors (Lipinski definition) is 0. The van der Waals surface area contributed by atoms with E-state index in [0.717, 1.165) is 0 Å². The van der Waals surface area contributed by atoms with Crippen molar-refractivity contribution in [3.63, 3.8) is 0 Å². The Hall–Kier alpha value is -2.91. The van der Waals surface area contributed by atoms with Crippen LogP contribution in [0, 0.1) is 0 Å². The van der Waals surface area contributed by atoms with Gasteiger partial charge >= 0.3 is 18.1 Å². The van der Waals surface area contributed by atoms with Gasteiger partial charge in [0.15, 0.2) is 18.1 Å². The van der Waals surface area contributed by atoms with Gasteiger partial charge in [0.25, 0.3) is 0 Å². The number of esters is 2. The van der Waals surface area contributed by atoms with Gasteiger partial charge in [-0.15, -0.1) is 0 Å². The molecule has 2 aromatic heterocycles. The molecule has 0 aliphatic heterocycles. The Morgan fingerprint density at radius 2 is 1.96 bits per heavy atom. The van der Waals surface area contributed by atoms with Gasteiger partial charge in [0, 0.05) is 30.9 Å². The Morgan fingerprint density at radius 3 is 2.50 bits per heavy atom. The van der Waals surface area contributed by atoms with Crippen molar-refractivity contribution < 1.29 is 32.2 Å². The van der Waals surface area contributed by atoms with Crippen molar-refractivity contribution in [1.29, 1.82) is 0 Å². The van der Waals surface area contributed by atoms with E-state index in [-0.39, 0.29) is 0 Å². The van der Waals surface area contributed by atoms with Crippen LogP contribution in [0.2, 0.25) is 0 Å². The molecule has 7 nitrogen and oxygen atoms in total. The molecule has 0 N–H and O–H groups in total. The van der Waals surface area contributed by atoms with Crippen LogP contribution in [0.4, 0.5) is 13.2 Å². The van der Waals surface area contributed by atoms with E-state index < -0.39 is 30.6 Å². The van der Waals surface area contributed by atoms with Crippen molar-refractivity contribution in [1.82, 2.24) is 15.1 Å². The molecule has 0 aliphatic carbocycles. The molecule has 1 atom stereocenters. The van der Waals surface area contributed by atoms with Crippen LogP contribution in [-0.2, 0) is 14.3 Å². The number of aromatic nitrogens is 4. The highest BCUT2D eigenvalue weighted by atomic mass is 19.4. The molecule has 10 heteroatoms. The molecule has 126 valence electrons. The van der Waals surface area contributed by atoms with E-state index >= 15 is 0 Å². The highest BCUT2D eigenvalue weighted by Crippen LogP contribution is 2.17. The Morgan fingerprint density at radius 1 is 1.29 bits per heavy atom. The molecule has 0 radical (unpaired) electrons. The SMILES string of the molecule is CC(CC(=O)OC(=O)C(F)(F)F)[n+]1ccc(-c2ncccn2)cn1. The van der Waals surface area contributed by atoms with E-state index in [0.29, 0.717) is 11.4 Å². The van der Waals surface area contributed by atoms with Crippen molar-refractivity contribution >= 4 is 11.9 Å². The van der Waals surface area contributed by atoms with Gasteiger partial charge in [0.05, 0.1) is 0 Å². The average molecular weight is 341 g/mol. The molecule has 0 amide bonds. The summed E-state index contributed by atoms with van der Waals surface area (Å²) in [5, 5.41) is 4.06. The zero-order valence-corrected chi connectivity index (χ0v) is 12.4. The first kappa shape index (κ1) is 17.4. The molecule has 0 saturated heterocycles. The number of carbonyl (C=O) groups is 2. The molecule has 2 rings (SSSR count). The van der Waals surface area contributed by atoms with Crippen LogP contribution in [0.15, 0.2) is 36.9 Å².